The molecule has 0 aromatic heterocycles. The smallest absolute Gasteiger partial charge is 0.243 e. The molecule has 2 aliphatic rings. The molecule has 2 unspecified atom stereocenters. The van der Waals surface area contributed by atoms with Crippen molar-refractivity contribution in [3.63, 3.8) is 0 Å². The van der Waals surface area contributed by atoms with E-state index in [1.165, 1.54) is 11.4 Å². The van der Waals surface area contributed by atoms with Crippen LogP contribution in [0.3, 0.4) is 0 Å². The maximum Gasteiger partial charge on any atom is 0.243 e. The molecule has 1 amide bonds. The van der Waals surface area contributed by atoms with Gasteiger partial charge in [0.1, 0.15) is 17.2 Å². The van der Waals surface area contributed by atoms with Crippen molar-refractivity contribution in [2.45, 2.75) is 36.6 Å². The number of sulfonamides is 1. The number of carbonyl (C=O) groups is 1. The van der Waals surface area contributed by atoms with Crippen molar-refractivity contribution in [2.24, 2.45) is 5.92 Å². The van der Waals surface area contributed by atoms with Crippen LogP contribution < -0.4 is 14.2 Å². The molecular weight excluding hydrogens is 456 g/mol. The number of hydrogen-bond acceptors (Lipinski definition) is 6. The molecule has 2 aliphatic heterocycles. The van der Waals surface area contributed by atoms with E-state index in [0.29, 0.717) is 37.4 Å². The van der Waals surface area contributed by atoms with Gasteiger partial charge in [-0.3, -0.25) is 4.79 Å². The number of nitrogens with zero attached hydrogens (tertiary/aromatic N) is 2. The van der Waals surface area contributed by atoms with E-state index in [4.69, 9.17) is 14.2 Å². The highest BCUT2D eigenvalue weighted by Gasteiger charge is 2.39. The number of benzene rings is 2. The van der Waals surface area contributed by atoms with Gasteiger partial charge in [0.2, 0.25) is 15.9 Å². The summed E-state index contributed by atoms with van der Waals surface area (Å²) in [5.74, 6) is 1.65. The lowest BCUT2D eigenvalue weighted by Gasteiger charge is -2.35. The summed E-state index contributed by atoms with van der Waals surface area (Å²) in [4.78, 5) is 15.8. The minimum Gasteiger partial charge on any atom is -0.497 e. The van der Waals surface area contributed by atoms with Crippen LogP contribution in [0.4, 0.5) is 0 Å². The van der Waals surface area contributed by atoms with E-state index >= 15 is 0 Å². The molecule has 2 heterocycles. The minimum absolute atomic E-state index is 0.00186. The largest absolute Gasteiger partial charge is 0.497 e. The van der Waals surface area contributed by atoms with Crippen LogP contribution in [-0.4, -0.2) is 64.5 Å². The molecule has 8 nitrogen and oxygen atoms in total. The normalized spacial score (nSPS) is 21.3. The molecule has 4 rings (SSSR count). The Kier molecular flexibility index (Phi) is 7.33. The summed E-state index contributed by atoms with van der Waals surface area (Å²) in [5, 5.41) is 0. The second-order valence-electron chi connectivity index (χ2n) is 8.68. The second kappa shape index (κ2) is 10.2. The second-order valence-corrected chi connectivity index (χ2v) is 10.6. The Balaban J connectivity index is 1.53. The van der Waals surface area contributed by atoms with Crippen LogP contribution >= 0.6 is 0 Å². The van der Waals surface area contributed by atoms with E-state index in [1.54, 1.807) is 38.5 Å². The van der Waals surface area contributed by atoms with Crippen molar-refractivity contribution in [1.29, 1.82) is 0 Å². The van der Waals surface area contributed by atoms with Gasteiger partial charge in [0, 0.05) is 25.2 Å². The van der Waals surface area contributed by atoms with Crippen LogP contribution in [0.15, 0.2) is 47.4 Å². The highest BCUT2D eigenvalue weighted by molar-refractivity contribution is 7.89. The fourth-order valence-electron chi connectivity index (χ4n) is 4.95. The topological polar surface area (TPSA) is 85.4 Å². The van der Waals surface area contributed by atoms with Gasteiger partial charge in [-0.05, 0) is 68.1 Å². The molecule has 0 radical (unpaired) electrons. The predicted molar refractivity (Wildman–Crippen MR) is 128 cm³/mol. The third-order valence-corrected chi connectivity index (χ3v) is 8.64. The van der Waals surface area contributed by atoms with Crippen molar-refractivity contribution < 1.29 is 27.4 Å². The molecule has 2 atom stereocenters. The number of hydrogen-bond donors (Lipinski definition) is 0. The number of rotatable bonds is 7. The van der Waals surface area contributed by atoms with Gasteiger partial charge in [-0.15, -0.1) is 0 Å². The number of methoxy groups -OCH3 is 3. The average Bonchev–Trinajstić information content (AvgIpc) is 3.37. The Morgan fingerprint density at radius 3 is 2.24 bits per heavy atom. The highest BCUT2D eigenvalue weighted by atomic mass is 32.2. The van der Waals surface area contributed by atoms with E-state index in [0.717, 1.165) is 24.2 Å². The van der Waals surface area contributed by atoms with Crippen molar-refractivity contribution in [1.82, 2.24) is 9.21 Å². The number of piperidine rings is 1. The highest BCUT2D eigenvalue weighted by Crippen LogP contribution is 2.40. The number of carbonyl (C=O) groups excluding carboxylic acids is 1. The fraction of sp³-hybridized carbons (Fsp3) is 0.480. The maximum absolute atomic E-state index is 13.6. The van der Waals surface area contributed by atoms with Crippen molar-refractivity contribution >= 4 is 15.9 Å². The van der Waals surface area contributed by atoms with Gasteiger partial charge in [0.15, 0.2) is 0 Å². The third kappa shape index (κ3) is 4.72. The summed E-state index contributed by atoms with van der Waals surface area (Å²) in [7, 11) is 1.08. The van der Waals surface area contributed by atoms with Gasteiger partial charge in [0.05, 0.1) is 38.2 Å². The van der Waals surface area contributed by atoms with E-state index in [1.807, 2.05) is 23.1 Å². The lowest BCUT2D eigenvalue weighted by molar-refractivity contribution is -0.137. The van der Waals surface area contributed by atoms with E-state index in [9.17, 15) is 13.2 Å². The van der Waals surface area contributed by atoms with E-state index in [-0.39, 0.29) is 29.3 Å². The van der Waals surface area contributed by atoms with Crippen LogP contribution in [0.1, 0.15) is 37.3 Å². The van der Waals surface area contributed by atoms with Gasteiger partial charge in [-0.25, -0.2) is 8.42 Å². The standard InChI is InChI=1S/C25H32N2O6S/c1-31-19-8-11-21(12-9-19)34(29,30)26-14-4-6-18(17-26)25(28)27-15-5-7-23(27)22-16-20(32-2)10-13-24(22)33-3/h8-13,16,18,23H,4-7,14-15,17H2,1-3H3. The van der Waals surface area contributed by atoms with Crippen LogP contribution in [0.25, 0.3) is 0 Å². The van der Waals surface area contributed by atoms with Crippen LogP contribution in [0, 0.1) is 5.92 Å². The number of ether oxygens (including phenoxy) is 3. The number of likely N-dealkylation sites (tertiary alicyclic amines) is 1. The van der Waals surface area contributed by atoms with Crippen molar-refractivity contribution in [2.75, 3.05) is 41.0 Å². The Morgan fingerprint density at radius 2 is 1.56 bits per heavy atom. The quantitative estimate of drug-likeness (QED) is 0.593. The Hall–Kier alpha value is -2.78. The summed E-state index contributed by atoms with van der Waals surface area (Å²) >= 11 is 0. The molecule has 184 valence electrons. The first-order valence-electron chi connectivity index (χ1n) is 11.6. The molecule has 34 heavy (non-hydrogen) atoms. The third-order valence-electron chi connectivity index (χ3n) is 6.76. The molecule has 0 spiro atoms. The zero-order chi connectivity index (χ0) is 24.3. The van der Waals surface area contributed by atoms with E-state index in [2.05, 4.69) is 0 Å². The SMILES string of the molecule is COc1ccc(S(=O)(=O)N2CCCC(C(=O)N3CCCC3c3cc(OC)ccc3OC)C2)cc1. The van der Waals surface area contributed by atoms with Gasteiger partial charge >= 0.3 is 0 Å². The molecule has 2 aromatic rings. The lowest BCUT2D eigenvalue weighted by atomic mass is 9.96. The molecule has 2 saturated heterocycles. The van der Waals surface area contributed by atoms with Crippen LogP contribution in [0.2, 0.25) is 0 Å². The summed E-state index contributed by atoms with van der Waals surface area (Å²) in [6.07, 6.45) is 3.03. The van der Waals surface area contributed by atoms with Crippen molar-refractivity contribution in [3.05, 3.63) is 48.0 Å². The molecule has 2 aromatic carbocycles. The summed E-state index contributed by atoms with van der Waals surface area (Å²) < 4.78 is 44.0. The molecule has 0 N–H and O–H groups in total. The minimum atomic E-state index is -3.69. The summed E-state index contributed by atoms with van der Waals surface area (Å²) in [5.41, 5.74) is 0.922. The Bertz CT molecular complexity index is 1120. The van der Waals surface area contributed by atoms with Crippen LogP contribution in [0.5, 0.6) is 17.2 Å². The molecule has 2 fully saturated rings. The van der Waals surface area contributed by atoms with Gasteiger partial charge in [-0.2, -0.15) is 4.31 Å². The fourth-order valence-corrected chi connectivity index (χ4v) is 6.47. The Morgan fingerprint density at radius 1 is 0.882 bits per heavy atom. The maximum atomic E-state index is 13.6. The predicted octanol–water partition coefficient (Wildman–Crippen LogP) is 3.48. The molecular formula is C25H32N2O6S. The van der Waals surface area contributed by atoms with E-state index < -0.39 is 10.0 Å². The molecule has 0 aliphatic carbocycles. The first-order valence-corrected chi connectivity index (χ1v) is 13.0. The van der Waals surface area contributed by atoms with Gasteiger partial charge < -0.3 is 19.1 Å². The molecule has 0 saturated carbocycles. The summed E-state index contributed by atoms with van der Waals surface area (Å²) in [6, 6.07) is 11.9. The first-order chi connectivity index (χ1) is 16.4. The lowest BCUT2D eigenvalue weighted by Crippen LogP contribution is -2.46. The first kappa shape index (κ1) is 24.3. The van der Waals surface area contributed by atoms with Gasteiger partial charge in [-0.1, -0.05) is 0 Å². The Labute approximate surface area is 201 Å². The summed E-state index contributed by atoms with van der Waals surface area (Å²) in [6.45, 7) is 1.24. The van der Waals surface area contributed by atoms with Gasteiger partial charge in [0.25, 0.3) is 0 Å². The molecule has 9 heteroatoms. The zero-order valence-electron chi connectivity index (χ0n) is 19.9. The zero-order valence-corrected chi connectivity index (χ0v) is 20.7. The monoisotopic (exact) mass is 488 g/mol. The van der Waals surface area contributed by atoms with Crippen molar-refractivity contribution in [3.8, 4) is 17.2 Å². The molecule has 0 bridgehead atoms. The van der Waals surface area contributed by atoms with Crippen LogP contribution in [-0.2, 0) is 14.8 Å². The average molecular weight is 489 g/mol. The number of amides is 1.